The average molecular weight is 334 g/mol. The summed E-state index contributed by atoms with van der Waals surface area (Å²) >= 11 is 0. The third-order valence-electron chi connectivity index (χ3n) is 4.54. The van der Waals surface area contributed by atoms with Gasteiger partial charge in [-0.3, -0.25) is 4.98 Å². The standard InChI is InChI=1S/C19H18N4O2/c1-3-18(24)25-19(8-13(2)9-19)23-12-14(10-21-23)17-11-20-15-6-4-5-7-16(15)22-17/h3-7,10-13H,1,8-9H2,2H3. The number of benzene rings is 1. The minimum Gasteiger partial charge on any atom is -0.434 e. The molecule has 0 amide bonds. The van der Waals surface area contributed by atoms with Gasteiger partial charge in [-0.2, -0.15) is 5.10 Å². The molecule has 4 rings (SSSR count). The van der Waals surface area contributed by atoms with E-state index in [1.54, 1.807) is 17.1 Å². The Morgan fingerprint density at radius 2 is 2.08 bits per heavy atom. The molecule has 6 nitrogen and oxygen atoms in total. The first-order chi connectivity index (χ1) is 12.1. The summed E-state index contributed by atoms with van der Waals surface area (Å²) in [6.45, 7) is 5.60. The van der Waals surface area contributed by atoms with Gasteiger partial charge in [-0.05, 0) is 18.1 Å². The summed E-state index contributed by atoms with van der Waals surface area (Å²) in [5.74, 6) is 0.0418. The summed E-state index contributed by atoms with van der Waals surface area (Å²) in [5.41, 5.74) is 2.53. The van der Waals surface area contributed by atoms with Crippen molar-refractivity contribution in [1.82, 2.24) is 19.7 Å². The van der Waals surface area contributed by atoms with Crippen LogP contribution in [-0.2, 0) is 15.3 Å². The van der Waals surface area contributed by atoms with Gasteiger partial charge in [0, 0.05) is 30.7 Å². The largest absolute Gasteiger partial charge is 0.434 e. The van der Waals surface area contributed by atoms with Crippen LogP contribution in [-0.4, -0.2) is 25.7 Å². The molecule has 3 aromatic rings. The first-order valence-corrected chi connectivity index (χ1v) is 8.22. The van der Waals surface area contributed by atoms with Crippen LogP contribution < -0.4 is 0 Å². The highest BCUT2D eigenvalue weighted by Gasteiger charge is 2.48. The third kappa shape index (κ3) is 2.69. The molecule has 0 unspecified atom stereocenters. The van der Waals surface area contributed by atoms with E-state index in [9.17, 15) is 4.79 Å². The van der Waals surface area contributed by atoms with Crippen LogP contribution in [0.2, 0.25) is 0 Å². The lowest BCUT2D eigenvalue weighted by atomic mass is 9.78. The van der Waals surface area contributed by atoms with E-state index in [0.717, 1.165) is 35.1 Å². The Hall–Kier alpha value is -3.02. The maximum Gasteiger partial charge on any atom is 0.332 e. The molecule has 1 fully saturated rings. The normalized spacial score (nSPS) is 22.4. The van der Waals surface area contributed by atoms with Crippen molar-refractivity contribution < 1.29 is 9.53 Å². The van der Waals surface area contributed by atoms with Crippen molar-refractivity contribution in [2.75, 3.05) is 0 Å². The maximum atomic E-state index is 11.7. The zero-order valence-electron chi connectivity index (χ0n) is 13.9. The van der Waals surface area contributed by atoms with Gasteiger partial charge < -0.3 is 4.74 Å². The molecule has 1 saturated carbocycles. The van der Waals surface area contributed by atoms with E-state index in [4.69, 9.17) is 4.74 Å². The number of fused-ring (bicyclic) bond motifs is 1. The van der Waals surface area contributed by atoms with Crippen LogP contribution in [0.3, 0.4) is 0 Å². The van der Waals surface area contributed by atoms with E-state index < -0.39 is 11.7 Å². The van der Waals surface area contributed by atoms with Gasteiger partial charge in [-0.25, -0.2) is 14.5 Å². The Labute approximate surface area is 145 Å². The van der Waals surface area contributed by atoms with Crippen molar-refractivity contribution in [3.05, 3.63) is 55.5 Å². The van der Waals surface area contributed by atoms with Crippen LogP contribution in [0.1, 0.15) is 19.8 Å². The highest BCUT2D eigenvalue weighted by molar-refractivity contribution is 5.81. The van der Waals surface area contributed by atoms with Gasteiger partial charge in [0.15, 0.2) is 0 Å². The molecular formula is C19H18N4O2. The van der Waals surface area contributed by atoms with Crippen molar-refractivity contribution >= 4 is 17.0 Å². The van der Waals surface area contributed by atoms with Gasteiger partial charge in [0.1, 0.15) is 0 Å². The number of esters is 1. The van der Waals surface area contributed by atoms with Crippen LogP contribution in [0.4, 0.5) is 0 Å². The van der Waals surface area contributed by atoms with E-state index in [1.807, 2.05) is 30.5 Å². The molecular weight excluding hydrogens is 316 g/mol. The van der Waals surface area contributed by atoms with Crippen LogP contribution in [0.25, 0.3) is 22.3 Å². The molecule has 0 saturated heterocycles. The predicted octanol–water partition coefficient (Wildman–Crippen LogP) is 3.31. The Morgan fingerprint density at radius 3 is 2.80 bits per heavy atom. The lowest BCUT2D eigenvalue weighted by molar-refractivity contribution is -0.197. The van der Waals surface area contributed by atoms with E-state index in [1.165, 1.54) is 6.08 Å². The van der Waals surface area contributed by atoms with E-state index >= 15 is 0 Å². The summed E-state index contributed by atoms with van der Waals surface area (Å²) in [6.07, 6.45) is 7.97. The fraction of sp³-hybridized carbons (Fsp3) is 0.263. The molecule has 2 aromatic heterocycles. The van der Waals surface area contributed by atoms with E-state index in [-0.39, 0.29) is 0 Å². The topological polar surface area (TPSA) is 69.9 Å². The SMILES string of the molecule is C=CC(=O)OC1(n2cc(-c3cnc4ccccc4n3)cn2)CC(C)C1. The third-order valence-corrected chi connectivity index (χ3v) is 4.54. The number of carbonyl (C=O) groups is 1. The zero-order valence-corrected chi connectivity index (χ0v) is 13.9. The molecule has 2 heterocycles. The van der Waals surface area contributed by atoms with Gasteiger partial charge >= 0.3 is 5.97 Å². The summed E-state index contributed by atoms with van der Waals surface area (Å²) in [5, 5.41) is 4.43. The minimum absolute atomic E-state index is 0.436. The highest BCUT2D eigenvalue weighted by atomic mass is 16.6. The number of hydrogen-bond donors (Lipinski definition) is 0. The molecule has 1 aliphatic rings. The second kappa shape index (κ2) is 5.81. The number of ether oxygens (including phenoxy) is 1. The predicted molar refractivity (Wildman–Crippen MR) is 93.4 cm³/mol. The van der Waals surface area contributed by atoms with Crippen molar-refractivity contribution in [1.29, 1.82) is 0 Å². The lowest BCUT2D eigenvalue weighted by Gasteiger charge is -2.44. The van der Waals surface area contributed by atoms with Crippen molar-refractivity contribution in [3.63, 3.8) is 0 Å². The number of nitrogens with zero attached hydrogens (tertiary/aromatic N) is 4. The molecule has 0 N–H and O–H groups in total. The van der Waals surface area contributed by atoms with Crippen molar-refractivity contribution in [3.8, 4) is 11.3 Å². The van der Waals surface area contributed by atoms with Crippen LogP contribution >= 0.6 is 0 Å². The quantitative estimate of drug-likeness (QED) is 0.541. The fourth-order valence-corrected chi connectivity index (χ4v) is 3.35. The zero-order chi connectivity index (χ0) is 17.4. The Kier molecular flexibility index (Phi) is 3.60. The minimum atomic E-state index is -0.729. The van der Waals surface area contributed by atoms with Crippen LogP contribution in [0.5, 0.6) is 0 Å². The first kappa shape index (κ1) is 15.5. The molecule has 126 valence electrons. The summed E-state index contributed by atoms with van der Waals surface area (Å²) in [7, 11) is 0. The smallest absolute Gasteiger partial charge is 0.332 e. The van der Waals surface area contributed by atoms with Gasteiger partial charge in [0.25, 0.3) is 0 Å². The summed E-state index contributed by atoms with van der Waals surface area (Å²) in [4.78, 5) is 20.8. The molecule has 0 spiro atoms. The van der Waals surface area contributed by atoms with Gasteiger partial charge in [0.2, 0.25) is 5.72 Å². The number of para-hydroxylation sites is 2. The van der Waals surface area contributed by atoms with Gasteiger partial charge in [-0.1, -0.05) is 25.6 Å². The monoisotopic (exact) mass is 334 g/mol. The number of aromatic nitrogens is 4. The molecule has 0 bridgehead atoms. The molecule has 1 aromatic carbocycles. The maximum absolute atomic E-state index is 11.7. The Bertz CT molecular complexity index is 957. The van der Waals surface area contributed by atoms with Gasteiger partial charge in [-0.15, -0.1) is 0 Å². The fourth-order valence-electron chi connectivity index (χ4n) is 3.35. The van der Waals surface area contributed by atoms with Crippen molar-refractivity contribution in [2.24, 2.45) is 5.92 Å². The van der Waals surface area contributed by atoms with Crippen LogP contribution in [0.15, 0.2) is 55.5 Å². The second-order valence-electron chi connectivity index (χ2n) is 6.50. The molecule has 25 heavy (non-hydrogen) atoms. The average Bonchev–Trinajstić information content (AvgIpc) is 3.10. The van der Waals surface area contributed by atoms with E-state index in [0.29, 0.717) is 5.92 Å². The highest BCUT2D eigenvalue weighted by Crippen LogP contribution is 2.45. The molecule has 6 heteroatoms. The summed E-state index contributed by atoms with van der Waals surface area (Å²) in [6, 6.07) is 7.72. The van der Waals surface area contributed by atoms with Gasteiger partial charge in [0.05, 0.1) is 29.1 Å². The first-order valence-electron chi connectivity index (χ1n) is 8.22. The number of rotatable bonds is 4. The van der Waals surface area contributed by atoms with Crippen molar-refractivity contribution in [2.45, 2.75) is 25.5 Å². The molecule has 1 aliphatic carbocycles. The number of carbonyl (C=O) groups excluding carboxylic acids is 1. The second-order valence-corrected chi connectivity index (χ2v) is 6.50. The number of hydrogen-bond acceptors (Lipinski definition) is 5. The van der Waals surface area contributed by atoms with E-state index in [2.05, 4.69) is 28.6 Å². The summed E-state index contributed by atoms with van der Waals surface area (Å²) < 4.78 is 7.33. The lowest BCUT2D eigenvalue weighted by Crippen LogP contribution is -2.49. The Morgan fingerprint density at radius 1 is 1.32 bits per heavy atom. The molecule has 0 aliphatic heterocycles. The molecule has 0 radical (unpaired) electrons. The van der Waals surface area contributed by atoms with Crippen LogP contribution in [0, 0.1) is 5.92 Å². The molecule has 0 atom stereocenters. The Balaban J connectivity index is 1.68.